The Morgan fingerprint density at radius 2 is 2.31 bits per heavy atom. The van der Waals surface area contributed by atoms with Gasteiger partial charge in [0.15, 0.2) is 0 Å². The maximum absolute atomic E-state index is 11.3. The third kappa shape index (κ3) is 3.19. The van der Waals surface area contributed by atoms with Gasteiger partial charge in [0.25, 0.3) is 0 Å². The Bertz CT molecular complexity index is 238. The highest BCUT2D eigenvalue weighted by Gasteiger charge is 2.23. The van der Waals surface area contributed by atoms with E-state index in [0.29, 0.717) is 18.5 Å². The summed E-state index contributed by atoms with van der Waals surface area (Å²) in [5.41, 5.74) is 0. The molecule has 2 unspecified atom stereocenters. The van der Waals surface area contributed by atoms with Crippen LogP contribution in [0.15, 0.2) is 0 Å². The number of likely N-dealkylation sites (tertiary alicyclic amines) is 1. The average molecular weight is 225 g/mol. The third-order valence-electron chi connectivity index (χ3n) is 3.69. The van der Waals surface area contributed by atoms with E-state index in [2.05, 4.69) is 10.6 Å². The smallest absolute Gasteiger partial charge is 0.222 e. The molecule has 2 N–H and O–H groups in total. The molecular weight excluding hydrogens is 202 g/mol. The summed E-state index contributed by atoms with van der Waals surface area (Å²) < 4.78 is 0. The second-order valence-electron chi connectivity index (χ2n) is 5.06. The van der Waals surface area contributed by atoms with Gasteiger partial charge in [0.2, 0.25) is 5.91 Å². The number of nitrogens with zero attached hydrogens (tertiary/aromatic N) is 1. The topological polar surface area (TPSA) is 44.4 Å². The molecule has 2 saturated heterocycles. The van der Waals surface area contributed by atoms with Crippen molar-refractivity contribution in [2.24, 2.45) is 0 Å². The van der Waals surface area contributed by atoms with Gasteiger partial charge in [0.05, 0.1) is 0 Å². The number of hydrogen-bond acceptors (Lipinski definition) is 3. The van der Waals surface area contributed by atoms with Crippen molar-refractivity contribution in [1.29, 1.82) is 0 Å². The molecule has 0 aliphatic carbocycles. The fraction of sp³-hybridized carbons (Fsp3) is 0.917. The first kappa shape index (κ1) is 11.9. The van der Waals surface area contributed by atoms with E-state index in [1.165, 1.54) is 19.3 Å². The van der Waals surface area contributed by atoms with Crippen LogP contribution in [-0.4, -0.2) is 49.6 Å². The molecule has 2 aliphatic heterocycles. The standard InChI is InChI=1S/C12H23N3O/c1-15-9-11(5-6-12(15)16)14-8-10-4-2-3-7-13-10/h10-11,13-14H,2-9H2,1H3. The van der Waals surface area contributed by atoms with Gasteiger partial charge in [0, 0.05) is 38.6 Å². The minimum Gasteiger partial charge on any atom is -0.344 e. The van der Waals surface area contributed by atoms with E-state index in [4.69, 9.17) is 0 Å². The van der Waals surface area contributed by atoms with Crippen LogP contribution in [0.5, 0.6) is 0 Å². The van der Waals surface area contributed by atoms with Crippen molar-refractivity contribution in [2.75, 3.05) is 26.7 Å². The van der Waals surface area contributed by atoms with Gasteiger partial charge < -0.3 is 15.5 Å². The van der Waals surface area contributed by atoms with Crippen LogP contribution in [0, 0.1) is 0 Å². The molecule has 0 bridgehead atoms. The number of amides is 1. The molecule has 2 aliphatic rings. The largest absolute Gasteiger partial charge is 0.344 e. The van der Waals surface area contributed by atoms with Gasteiger partial charge in [-0.1, -0.05) is 6.42 Å². The molecule has 0 aromatic heterocycles. The molecule has 0 aromatic carbocycles. The summed E-state index contributed by atoms with van der Waals surface area (Å²) in [5.74, 6) is 0.286. The van der Waals surface area contributed by atoms with E-state index >= 15 is 0 Å². The molecular formula is C12H23N3O. The number of hydrogen-bond donors (Lipinski definition) is 2. The van der Waals surface area contributed by atoms with Crippen LogP contribution in [-0.2, 0) is 4.79 Å². The van der Waals surface area contributed by atoms with Crippen LogP contribution < -0.4 is 10.6 Å². The van der Waals surface area contributed by atoms with Crippen molar-refractivity contribution >= 4 is 5.91 Å². The highest BCUT2D eigenvalue weighted by molar-refractivity contribution is 5.76. The SMILES string of the molecule is CN1CC(NCC2CCCCN2)CCC1=O. The lowest BCUT2D eigenvalue weighted by Crippen LogP contribution is -2.50. The zero-order valence-corrected chi connectivity index (χ0v) is 10.2. The van der Waals surface area contributed by atoms with E-state index in [0.717, 1.165) is 26.1 Å². The van der Waals surface area contributed by atoms with Gasteiger partial charge in [-0.2, -0.15) is 0 Å². The average Bonchev–Trinajstić information content (AvgIpc) is 2.32. The van der Waals surface area contributed by atoms with E-state index in [-0.39, 0.29) is 5.91 Å². The van der Waals surface area contributed by atoms with Crippen molar-refractivity contribution in [2.45, 2.75) is 44.2 Å². The van der Waals surface area contributed by atoms with Crippen LogP contribution >= 0.6 is 0 Å². The zero-order chi connectivity index (χ0) is 11.4. The monoisotopic (exact) mass is 225 g/mol. The Labute approximate surface area is 97.8 Å². The fourth-order valence-electron chi connectivity index (χ4n) is 2.59. The molecule has 0 radical (unpaired) electrons. The maximum Gasteiger partial charge on any atom is 0.222 e. The van der Waals surface area contributed by atoms with Crippen LogP contribution in [0.25, 0.3) is 0 Å². The Hall–Kier alpha value is -0.610. The summed E-state index contributed by atoms with van der Waals surface area (Å²) in [5, 5.41) is 7.12. The predicted molar refractivity (Wildman–Crippen MR) is 64.3 cm³/mol. The second-order valence-corrected chi connectivity index (χ2v) is 5.06. The number of carbonyl (C=O) groups excluding carboxylic acids is 1. The lowest BCUT2D eigenvalue weighted by molar-refractivity contribution is -0.132. The summed E-state index contributed by atoms with van der Waals surface area (Å²) in [6, 6.07) is 1.13. The lowest BCUT2D eigenvalue weighted by Gasteiger charge is -2.32. The van der Waals surface area contributed by atoms with Gasteiger partial charge >= 0.3 is 0 Å². The Morgan fingerprint density at radius 3 is 3.00 bits per heavy atom. The normalized spacial score (nSPS) is 31.8. The minimum absolute atomic E-state index is 0.286. The number of piperidine rings is 2. The summed E-state index contributed by atoms with van der Waals surface area (Å²) in [4.78, 5) is 13.2. The summed E-state index contributed by atoms with van der Waals surface area (Å²) in [6.45, 7) is 3.08. The number of rotatable bonds is 3. The van der Waals surface area contributed by atoms with Crippen LogP contribution in [0.2, 0.25) is 0 Å². The van der Waals surface area contributed by atoms with E-state index < -0.39 is 0 Å². The predicted octanol–water partition coefficient (Wildman–Crippen LogP) is 0.339. The zero-order valence-electron chi connectivity index (χ0n) is 10.2. The van der Waals surface area contributed by atoms with Crippen molar-refractivity contribution in [3.8, 4) is 0 Å². The van der Waals surface area contributed by atoms with Crippen LogP contribution in [0.4, 0.5) is 0 Å². The molecule has 1 amide bonds. The Kier molecular flexibility index (Phi) is 4.18. The molecule has 2 rings (SSSR count). The fourth-order valence-corrected chi connectivity index (χ4v) is 2.59. The highest BCUT2D eigenvalue weighted by atomic mass is 16.2. The number of carbonyl (C=O) groups is 1. The Balaban J connectivity index is 1.67. The molecule has 0 aromatic rings. The van der Waals surface area contributed by atoms with Crippen molar-refractivity contribution < 1.29 is 4.79 Å². The minimum atomic E-state index is 0.286. The van der Waals surface area contributed by atoms with Gasteiger partial charge in [0.1, 0.15) is 0 Å². The van der Waals surface area contributed by atoms with Crippen molar-refractivity contribution in [3.05, 3.63) is 0 Å². The first-order valence-corrected chi connectivity index (χ1v) is 6.46. The van der Waals surface area contributed by atoms with Crippen LogP contribution in [0.1, 0.15) is 32.1 Å². The van der Waals surface area contributed by atoms with Gasteiger partial charge in [-0.25, -0.2) is 0 Å². The summed E-state index contributed by atoms with van der Waals surface area (Å²) >= 11 is 0. The molecule has 4 nitrogen and oxygen atoms in total. The quantitative estimate of drug-likeness (QED) is 0.728. The molecule has 2 fully saturated rings. The molecule has 2 heterocycles. The van der Waals surface area contributed by atoms with Gasteiger partial charge in [-0.15, -0.1) is 0 Å². The van der Waals surface area contributed by atoms with Crippen LogP contribution in [0.3, 0.4) is 0 Å². The van der Waals surface area contributed by atoms with E-state index in [1.54, 1.807) is 0 Å². The molecule has 16 heavy (non-hydrogen) atoms. The molecule has 0 spiro atoms. The lowest BCUT2D eigenvalue weighted by atomic mass is 10.0. The van der Waals surface area contributed by atoms with Crippen molar-refractivity contribution in [3.63, 3.8) is 0 Å². The van der Waals surface area contributed by atoms with Gasteiger partial charge in [-0.05, 0) is 25.8 Å². The highest BCUT2D eigenvalue weighted by Crippen LogP contribution is 2.11. The molecule has 92 valence electrons. The molecule has 4 heteroatoms. The number of likely N-dealkylation sites (N-methyl/N-ethyl adjacent to an activating group) is 1. The maximum atomic E-state index is 11.3. The summed E-state index contributed by atoms with van der Waals surface area (Å²) in [7, 11) is 1.90. The first-order chi connectivity index (χ1) is 7.75. The van der Waals surface area contributed by atoms with Gasteiger partial charge in [-0.3, -0.25) is 4.79 Å². The summed E-state index contributed by atoms with van der Waals surface area (Å²) in [6.07, 6.45) is 5.65. The number of nitrogens with one attached hydrogen (secondary N) is 2. The van der Waals surface area contributed by atoms with Crippen molar-refractivity contribution in [1.82, 2.24) is 15.5 Å². The third-order valence-corrected chi connectivity index (χ3v) is 3.69. The molecule has 0 saturated carbocycles. The second kappa shape index (κ2) is 5.64. The van der Waals surface area contributed by atoms with E-state index in [9.17, 15) is 4.79 Å². The first-order valence-electron chi connectivity index (χ1n) is 6.46. The van der Waals surface area contributed by atoms with E-state index in [1.807, 2.05) is 11.9 Å². The Morgan fingerprint density at radius 1 is 1.44 bits per heavy atom. The molecule has 2 atom stereocenters.